The first-order valence-electron chi connectivity index (χ1n) is 8.52. The number of hydrogen-bond acceptors (Lipinski definition) is 6. The molecule has 0 aliphatic carbocycles. The number of aromatic nitrogens is 2. The summed E-state index contributed by atoms with van der Waals surface area (Å²) in [5, 5.41) is 0. The van der Waals surface area contributed by atoms with Gasteiger partial charge in [-0.3, -0.25) is 4.79 Å². The third kappa shape index (κ3) is 4.02. The topological polar surface area (TPSA) is 67.8 Å². The number of carbonyl (C=O) groups excluding carboxylic acids is 1. The van der Waals surface area contributed by atoms with Crippen molar-refractivity contribution in [2.75, 3.05) is 51.9 Å². The zero-order chi connectivity index (χ0) is 17.0. The van der Waals surface area contributed by atoms with E-state index in [9.17, 15) is 4.79 Å². The molecule has 2 fully saturated rings. The summed E-state index contributed by atoms with van der Waals surface area (Å²) in [5.41, 5.74) is -0.0540. The molecular weight excluding hydrogens is 308 g/mol. The molecule has 0 saturated carbocycles. The standard InChI is InChI=1S/C17H26N4O3/c1-20(2)15(22)11-23-8-4-14-5-9-24-17(10-14)12-21(13-17)16-18-6-3-7-19-16/h3,6-7,14H,4-5,8-13H2,1-2H3/t14-/m1/s1. The Balaban J connectivity index is 1.40. The lowest BCUT2D eigenvalue weighted by atomic mass is 9.79. The maximum absolute atomic E-state index is 11.5. The SMILES string of the molecule is CN(C)C(=O)COCC[C@@H]1CCOC2(C1)CN(c1ncccn1)C2. The minimum atomic E-state index is -0.0540. The van der Waals surface area contributed by atoms with Crippen molar-refractivity contribution in [1.29, 1.82) is 0 Å². The predicted molar refractivity (Wildman–Crippen MR) is 89.8 cm³/mol. The van der Waals surface area contributed by atoms with Crippen molar-refractivity contribution in [3.05, 3.63) is 18.5 Å². The van der Waals surface area contributed by atoms with Gasteiger partial charge in [0.05, 0.1) is 13.1 Å². The van der Waals surface area contributed by atoms with Crippen molar-refractivity contribution in [3.8, 4) is 0 Å². The Kier molecular flexibility index (Phi) is 5.30. The maximum Gasteiger partial charge on any atom is 0.248 e. The second-order valence-electron chi connectivity index (χ2n) is 6.92. The van der Waals surface area contributed by atoms with E-state index in [2.05, 4.69) is 14.9 Å². The van der Waals surface area contributed by atoms with Gasteiger partial charge in [0, 0.05) is 39.7 Å². The number of hydrogen-bond donors (Lipinski definition) is 0. The third-order valence-corrected chi connectivity index (χ3v) is 4.78. The van der Waals surface area contributed by atoms with E-state index in [0.29, 0.717) is 12.5 Å². The molecule has 2 aliphatic rings. The highest BCUT2D eigenvalue weighted by Crippen LogP contribution is 2.39. The van der Waals surface area contributed by atoms with Crippen LogP contribution in [0.4, 0.5) is 5.95 Å². The van der Waals surface area contributed by atoms with Crippen LogP contribution in [0.15, 0.2) is 18.5 Å². The van der Waals surface area contributed by atoms with Gasteiger partial charge in [0.25, 0.3) is 0 Å². The van der Waals surface area contributed by atoms with Crippen molar-refractivity contribution in [2.24, 2.45) is 5.92 Å². The highest BCUT2D eigenvalue weighted by molar-refractivity contribution is 5.76. The van der Waals surface area contributed by atoms with E-state index in [1.807, 2.05) is 6.07 Å². The van der Waals surface area contributed by atoms with Crippen molar-refractivity contribution in [3.63, 3.8) is 0 Å². The lowest BCUT2D eigenvalue weighted by molar-refractivity contribution is -0.134. The van der Waals surface area contributed by atoms with E-state index in [1.54, 1.807) is 31.4 Å². The summed E-state index contributed by atoms with van der Waals surface area (Å²) in [4.78, 5) is 23.8. The Hall–Kier alpha value is -1.73. The van der Waals surface area contributed by atoms with Crippen LogP contribution in [0.5, 0.6) is 0 Å². The fourth-order valence-corrected chi connectivity index (χ4v) is 3.38. The van der Waals surface area contributed by atoms with Crippen LogP contribution in [-0.4, -0.2) is 73.4 Å². The van der Waals surface area contributed by atoms with E-state index < -0.39 is 0 Å². The molecule has 1 aromatic heterocycles. The molecule has 1 spiro atoms. The van der Waals surface area contributed by atoms with Crippen molar-refractivity contribution < 1.29 is 14.3 Å². The summed E-state index contributed by atoms with van der Waals surface area (Å²) in [6.45, 7) is 3.30. The van der Waals surface area contributed by atoms with Gasteiger partial charge in [0.1, 0.15) is 12.2 Å². The molecule has 3 rings (SSSR count). The van der Waals surface area contributed by atoms with Gasteiger partial charge in [-0.15, -0.1) is 0 Å². The molecule has 0 N–H and O–H groups in total. The Morgan fingerprint density at radius 2 is 2.17 bits per heavy atom. The van der Waals surface area contributed by atoms with Crippen LogP contribution < -0.4 is 4.90 Å². The summed E-state index contributed by atoms with van der Waals surface area (Å²) in [7, 11) is 3.49. The van der Waals surface area contributed by atoms with Gasteiger partial charge in [-0.25, -0.2) is 9.97 Å². The zero-order valence-electron chi connectivity index (χ0n) is 14.5. The van der Waals surface area contributed by atoms with E-state index in [0.717, 1.165) is 44.9 Å². The molecule has 0 unspecified atom stereocenters. The first-order chi connectivity index (χ1) is 11.6. The predicted octanol–water partition coefficient (Wildman–Crippen LogP) is 0.957. The van der Waals surface area contributed by atoms with E-state index in [4.69, 9.17) is 9.47 Å². The molecular formula is C17H26N4O3. The third-order valence-electron chi connectivity index (χ3n) is 4.78. The second-order valence-corrected chi connectivity index (χ2v) is 6.92. The fraction of sp³-hybridized carbons (Fsp3) is 0.706. The van der Waals surface area contributed by atoms with Crippen LogP contribution in [0, 0.1) is 5.92 Å². The average Bonchev–Trinajstić information content (AvgIpc) is 2.57. The van der Waals surface area contributed by atoms with Crippen LogP contribution >= 0.6 is 0 Å². The molecule has 0 aromatic carbocycles. The molecule has 0 bridgehead atoms. The summed E-state index contributed by atoms with van der Waals surface area (Å²) in [6, 6.07) is 1.83. The largest absolute Gasteiger partial charge is 0.372 e. The van der Waals surface area contributed by atoms with Crippen molar-refractivity contribution in [2.45, 2.75) is 24.9 Å². The van der Waals surface area contributed by atoms with Gasteiger partial charge in [0.2, 0.25) is 11.9 Å². The monoisotopic (exact) mass is 334 g/mol. The smallest absolute Gasteiger partial charge is 0.248 e. The van der Waals surface area contributed by atoms with E-state index >= 15 is 0 Å². The van der Waals surface area contributed by atoms with Crippen molar-refractivity contribution >= 4 is 11.9 Å². The molecule has 2 saturated heterocycles. The quantitative estimate of drug-likeness (QED) is 0.722. The lowest BCUT2D eigenvalue weighted by Crippen LogP contribution is -2.65. The highest BCUT2D eigenvalue weighted by atomic mass is 16.5. The van der Waals surface area contributed by atoms with Crippen LogP contribution in [0.1, 0.15) is 19.3 Å². The van der Waals surface area contributed by atoms with Gasteiger partial charge in [-0.1, -0.05) is 0 Å². The average molecular weight is 334 g/mol. The number of nitrogens with zero attached hydrogens (tertiary/aromatic N) is 4. The highest BCUT2D eigenvalue weighted by Gasteiger charge is 2.48. The van der Waals surface area contributed by atoms with Crippen LogP contribution in [0.2, 0.25) is 0 Å². The molecule has 7 nitrogen and oxygen atoms in total. The summed E-state index contributed by atoms with van der Waals surface area (Å²) in [5.74, 6) is 1.38. The van der Waals surface area contributed by atoms with Gasteiger partial charge >= 0.3 is 0 Å². The molecule has 132 valence electrons. The zero-order valence-corrected chi connectivity index (χ0v) is 14.5. The molecule has 1 aromatic rings. The molecule has 0 radical (unpaired) electrons. The summed E-state index contributed by atoms with van der Waals surface area (Å²) < 4.78 is 11.6. The van der Waals surface area contributed by atoms with E-state index in [1.165, 1.54) is 0 Å². The normalized spacial score (nSPS) is 22.2. The number of likely N-dealkylation sites (N-methyl/N-ethyl adjacent to an activating group) is 1. The van der Waals surface area contributed by atoms with Crippen LogP contribution in [0.3, 0.4) is 0 Å². The summed E-state index contributed by atoms with van der Waals surface area (Å²) >= 11 is 0. The number of carbonyl (C=O) groups is 1. The molecule has 3 heterocycles. The number of ether oxygens (including phenoxy) is 2. The molecule has 2 aliphatic heterocycles. The summed E-state index contributed by atoms with van der Waals surface area (Å²) in [6.07, 6.45) is 6.62. The van der Waals surface area contributed by atoms with Gasteiger partial charge in [-0.05, 0) is 31.2 Å². The van der Waals surface area contributed by atoms with Crippen LogP contribution in [0.25, 0.3) is 0 Å². The Bertz CT molecular complexity index is 546. The maximum atomic E-state index is 11.5. The fourth-order valence-electron chi connectivity index (χ4n) is 3.38. The second kappa shape index (κ2) is 7.44. The Labute approximate surface area is 143 Å². The molecule has 24 heavy (non-hydrogen) atoms. The first kappa shape index (κ1) is 17.1. The van der Waals surface area contributed by atoms with Gasteiger partial charge in [0.15, 0.2) is 0 Å². The first-order valence-corrected chi connectivity index (χ1v) is 8.52. The Morgan fingerprint density at radius 1 is 1.42 bits per heavy atom. The van der Waals surface area contributed by atoms with Crippen molar-refractivity contribution in [1.82, 2.24) is 14.9 Å². The van der Waals surface area contributed by atoms with Gasteiger partial charge < -0.3 is 19.3 Å². The van der Waals surface area contributed by atoms with Crippen LogP contribution in [-0.2, 0) is 14.3 Å². The molecule has 1 atom stereocenters. The van der Waals surface area contributed by atoms with E-state index in [-0.39, 0.29) is 18.1 Å². The van der Waals surface area contributed by atoms with Gasteiger partial charge in [-0.2, -0.15) is 0 Å². The molecule has 7 heteroatoms. The minimum Gasteiger partial charge on any atom is -0.372 e. The number of anilines is 1. The number of rotatable bonds is 6. The Morgan fingerprint density at radius 3 is 2.88 bits per heavy atom. The minimum absolute atomic E-state index is 0.0101. The lowest BCUT2D eigenvalue weighted by Gasteiger charge is -2.53. The number of amides is 1. The molecule has 1 amide bonds.